The monoisotopic (exact) mass is 355 g/mol. The van der Waals surface area contributed by atoms with Crippen molar-refractivity contribution >= 4 is 15.9 Å². The van der Waals surface area contributed by atoms with Gasteiger partial charge < -0.3 is 10.1 Å². The van der Waals surface area contributed by atoms with Crippen molar-refractivity contribution in [3.63, 3.8) is 0 Å². The molecule has 0 aliphatic heterocycles. The summed E-state index contributed by atoms with van der Waals surface area (Å²) in [7, 11) is 1.78. The minimum Gasteiger partial charge on any atom is -0.496 e. The van der Waals surface area contributed by atoms with Gasteiger partial charge in [0.1, 0.15) is 5.75 Å². The fourth-order valence-electron chi connectivity index (χ4n) is 2.73. The summed E-state index contributed by atoms with van der Waals surface area (Å²) in [6, 6.07) is 2.51. The van der Waals surface area contributed by atoms with Crippen LogP contribution in [-0.4, -0.2) is 13.7 Å². The molecular weight excluding hydrogens is 326 g/mol. The molecule has 0 bridgehead atoms. The number of rotatable bonds is 8. The van der Waals surface area contributed by atoms with Crippen LogP contribution in [0.3, 0.4) is 0 Å². The van der Waals surface area contributed by atoms with Crippen molar-refractivity contribution in [1.29, 1.82) is 0 Å². The predicted octanol–water partition coefficient (Wildman–Crippen LogP) is 5.55. The molecule has 3 heteroatoms. The number of methoxy groups -OCH3 is 1. The van der Waals surface area contributed by atoms with Crippen LogP contribution in [0.5, 0.6) is 5.75 Å². The standard InChI is InChI=1S/C18H30BrNO/c1-7-10-20-16(9-8-12(2)3)17-14(5)15(19)11-13(4)18(17)21-6/h11-12,16,20H,7-10H2,1-6H3. The normalized spacial score (nSPS) is 12.8. The minimum atomic E-state index is 0.360. The predicted molar refractivity (Wildman–Crippen MR) is 95.3 cm³/mol. The van der Waals surface area contributed by atoms with Crippen molar-refractivity contribution in [2.75, 3.05) is 13.7 Å². The average molecular weight is 356 g/mol. The fourth-order valence-corrected chi connectivity index (χ4v) is 3.29. The van der Waals surface area contributed by atoms with Gasteiger partial charge >= 0.3 is 0 Å². The maximum absolute atomic E-state index is 5.72. The van der Waals surface area contributed by atoms with Crippen molar-refractivity contribution in [3.8, 4) is 5.75 Å². The van der Waals surface area contributed by atoms with Crippen LogP contribution < -0.4 is 10.1 Å². The Morgan fingerprint density at radius 1 is 1.24 bits per heavy atom. The van der Waals surface area contributed by atoms with E-state index in [1.807, 2.05) is 0 Å². The molecule has 0 spiro atoms. The molecule has 1 atom stereocenters. The highest BCUT2D eigenvalue weighted by Gasteiger charge is 2.21. The van der Waals surface area contributed by atoms with Crippen LogP contribution in [0.25, 0.3) is 0 Å². The zero-order valence-electron chi connectivity index (χ0n) is 14.3. The highest BCUT2D eigenvalue weighted by atomic mass is 79.9. The van der Waals surface area contributed by atoms with E-state index in [0.29, 0.717) is 6.04 Å². The molecule has 1 unspecified atom stereocenters. The molecule has 1 rings (SSSR count). The van der Waals surface area contributed by atoms with E-state index in [1.165, 1.54) is 27.6 Å². The highest BCUT2D eigenvalue weighted by molar-refractivity contribution is 9.10. The third-order valence-corrected chi connectivity index (χ3v) is 4.76. The molecule has 0 aliphatic rings. The van der Waals surface area contributed by atoms with Gasteiger partial charge in [-0.3, -0.25) is 0 Å². The molecule has 1 aromatic rings. The van der Waals surface area contributed by atoms with Gasteiger partial charge in [0.15, 0.2) is 0 Å². The number of benzene rings is 1. The number of ether oxygens (including phenoxy) is 1. The molecule has 0 saturated carbocycles. The van der Waals surface area contributed by atoms with Crippen molar-refractivity contribution in [2.45, 2.75) is 59.9 Å². The third kappa shape index (κ3) is 5.00. The second-order valence-electron chi connectivity index (χ2n) is 6.23. The Morgan fingerprint density at radius 2 is 1.90 bits per heavy atom. The SMILES string of the molecule is CCCNC(CCC(C)C)c1c(C)c(Br)cc(C)c1OC. The Morgan fingerprint density at radius 3 is 2.43 bits per heavy atom. The summed E-state index contributed by atoms with van der Waals surface area (Å²) in [6.45, 7) is 12.1. The summed E-state index contributed by atoms with van der Waals surface area (Å²) in [6.07, 6.45) is 3.51. The molecule has 1 N–H and O–H groups in total. The number of aryl methyl sites for hydroxylation is 1. The van der Waals surface area contributed by atoms with E-state index < -0.39 is 0 Å². The first kappa shape index (κ1) is 18.5. The molecule has 0 radical (unpaired) electrons. The molecule has 0 fully saturated rings. The number of hydrogen-bond acceptors (Lipinski definition) is 2. The molecule has 0 heterocycles. The van der Waals surface area contributed by atoms with Crippen LogP contribution in [-0.2, 0) is 0 Å². The molecule has 21 heavy (non-hydrogen) atoms. The summed E-state index contributed by atoms with van der Waals surface area (Å²) in [5.74, 6) is 1.75. The quantitative estimate of drug-likeness (QED) is 0.659. The van der Waals surface area contributed by atoms with Crippen molar-refractivity contribution < 1.29 is 4.74 Å². The van der Waals surface area contributed by atoms with Crippen molar-refractivity contribution in [2.24, 2.45) is 5.92 Å². The van der Waals surface area contributed by atoms with E-state index in [9.17, 15) is 0 Å². The molecule has 0 saturated heterocycles. The van der Waals surface area contributed by atoms with Gasteiger partial charge in [0.25, 0.3) is 0 Å². The lowest BCUT2D eigenvalue weighted by molar-refractivity contribution is 0.382. The van der Waals surface area contributed by atoms with Crippen LogP contribution >= 0.6 is 15.9 Å². The summed E-state index contributed by atoms with van der Waals surface area (Å²) >= 11 is 3.69. The summed E-state index contributed by atoms with van der Waals surface area (Å²) in [4.78, 5) is 0. The lowest BCUT2D eigenvalue weighted by Gasteiger charge is -2.26. The molecular formula is C18H30BrNO. The van der Waals surface area contributed by atoms with Gasteiger partial charge in [0.05, 0.1) is 7.11 Å². The first-order chi connectivity index (χ1) is 9.92. The second kappa shape index (κ2) is 8.79. The lowest BCUT2D eigenvalue weighted by Crippen LogP contribution is -2.24. The molecule has 2 nitrogen and oxygen atoms in total. The first-order valence-corrected chi connectivity index (χ1v) is 8.78. The second-order valence-corrected chi connectivity index (χ2v) is 7.08. The Hall–Kier alpha value is -0.540. The summed E-state index contributed by atoms with van der Waals surface area (Å²) in [5.41, 5.74) is 3.80. The van der Waals surface area contributed by atoms with Gasteiger partial charge in [-0.05, 0) is 62.8 Å². The topological polar surface area (TPSA) is 21.3 Å². The smallest absolute Gasteiger partial charge is 0.126 e. The van der Waals surface area contributed by atoms with E-state index in [1.54, 1.807) is 7.11 Å². The lowest BCUT2D eigenvalue weighted by atomic mass is 9.92. The Labute approximate surface area is 138 Å². The van der Waals surface area contributed by atoms with Crippen LogP contribution in [0.1, 0.15) is 62.8 Å². The van der Waals surface area contributed by atoms with Gasteiger partial charge in [0.2, 0.25) is 0 Å². The molecule has 120 valence electrons. The Bertz CT molecular complexity index is 457. The number of nitrogens with one attached hydrogen (secondary N) is 1. The maximum Gasteiger partial charge on any atom is 0.126 e. The van der Waals surface area contributed by atoms with E-state index in [4.69, 9.17) is 4.74 Å². The van der Waals surface area contributed by atoms with Gasteiger partial charge in [-0.15, -0.1) is 0 Å². The number of hydrogen-bond donors (Lipinski definition) is 1. The zero-order chi connectivity index (χ0) is 16.0. The summed E-state index contributed by atoms with van der Waals surface area (Å²) in [5, 5.41) is 3.71. The molecule has 0 aliphatic carbocycles. The van der Waals surface area contributed by atoms with Crippen molar-refractivity contribution in [1.82, 2.24) is 5.32 Å². The van der Waals surface area contributed by atoms with Crippen LogP contribution in [0.2, 0.25) is 0 Å². The van der Waals surface area contributed by atoms with Gasteiger partial charge in [0, 0.05) is 16.1 Å². The Balaban J connectivity index is 3.20. The van der Waals surface area contributed by atoms with Crippen LogP contribution in [0.15, 0.2) is 10.5 Å². The molecule has 0 aromatic heterocycles. The van der Waals surface area contributed by atoms with E-state index in [-0.39, 0.29) is 0 Å². The number of halogens is 1. The fraction of sp³-hybridized carbons (Fsp3) is 0.667. The van der Waals surface area contributed by atoms with Crippen LogP contribution in [0, 0.1) is 19.8 Å². The zero-order valence-corrected chi connectivity index (χ0v) is 15.9. The Kier molecular flexibility index (Phi) is 7.75. The van der Waals surface area contributed by atoms with Crippen molar-refractivity contribution in [3.05, 3.63) is 27.2 Å². The largest absolute Gasteiger partial charge is 0.496 e. The van der Waals surface area contributed by atoms with Crippen LogP contribution in [0.4, 0.5) is 0 Å². The average Bonchev–Trinajstić information content (AvgIpc) is 2.43. The molecule has 0 amide bonds. The summed E-state index contributed by atoms with van der Waals surface area (Å²) < 4.78 is 6.89. The van der Waals surface area contributed by atoms with E-state index >= 15 is 0 Å². The minimum absolute atomic E-state index is 0.360. The van der Waals surface area contributed by atoms with E-state index in [2.05, 4.69) is 61.9 Å². The highest BCUT2D eigenvalue weighted by Crippen LogP contribution is 2.38. The maximum atomic E-state index is 5.72. The van der Waals surface area contributed by atoms with Gasteiger partial charge in [-0.2, -0.15) is 0 Å². The third-order valence-electron chi connectivity index (χ3n) is 3.93. The van der Waals surface area contributed by atoms with Gasteiger partial charge in [-0.25, -0.2) is 0 Å². The van der Waals surface area contributed by atoms with Gasteiger partial charge in [-0.1, -0.05) is 36.7 Å². The molecule has 1 aromatic carbocycles. The first-order valence-electron chi connectivity index (χ1n) is 7.99. The van der Waals surface area contributed by atoms with E-state index in [0.717, 1.165) is 31.1 Å².